The van der Waals surface area contributed by atoms with Crippen LogP contribution in [0.5, 0.6) is 0 Å². The number of aryl methyl sites for hydroxylation is 2. The lowest BCUT2D eigenvalue weighted by Crippen LogP contribution is -2.16. The van der Waals surface area contributed by atoms with E-state index in [1.54, 1.807) is 6.92 Å². The number of hydrogen-bond donors (Lipinski definition) is 1. The lowest BCUT2D eigenvalue weighted by atomic mass is 9.96. The topological polar surface area (TPSA) is 46.5 Å². The average Bonchev–Trinajstić information content (AvgIpc) is 2.31. The average molecular weight is 236 g/mol. The van der Waals surface area contributed by atoms with Crippen molar-refractivity contribution >= 4 is 5.97 Å². The summed E-state index contributed by atoms with van der Waals surface area (Å²) < 4.78 is 4.64. The predicted octanol–water partition coefficient (Wildman–Crippen LogP) is 2.54. The number of esters is 1. The van der Waals surface area contributed by atoms with Gasteiger partial charge < -0.3 is 9.84 Å². The van der Waals surface area contributed by atoms with Gasteiger partial charge in [0.1, 0.15) is 0 Å². The molecule has 17 heavy (non-hydrogen) atoms. The van der Waals surface area contributed by atoms with Gasteiger partial charge in [0.25, 0.3) is 0 Å². The Morgan fingerprint density at radius 1 is 1.35 bits per heavy atom. The number of methoxy groups -OCH3 is 1. The Labute approximate surface area is 102 Å². The summed E-state index contributed by atoms with van der Waals surface area (Å²) >= 11 is 0. The number of carbonyl (C=O) groups is 1. The van der Waals surface area contributed by atoms with E-state index in [1.165, 1.54) is 12.7 Å². The summed E-state index contributed by atoms with van der Waals surface area (Å²) in [7, 11) is 1.36. The van der Waals surface area contributed by atoms with Crippen molar-refractivity contribution in [2.45, 2.75) is 33.3 Å². The number of carbonyl (C=O) groups excluding carboxylic acids is 1. The first-order chi connectivity index (χ1) is 7.95. The van der Waals surface area contributed by atoms with Crippen molar-refractivity contribution in [3.8, 4) is 0 Å². The Kier molecular flexibility index (Phi) is 4.70. The van der Waals surface area contributed by atoms with Gasteiger partial charge in [0.15, 0.2) is 0 Å². The Hall–Kier alpha value is -1.35. The first-order valence-electron chi connectivity index (χ1n) is 5.78. The van der Waals surface area contributed by atoms with Crippen LogP contribution in [0, 0.1) is 19.8 Å². The van der Waals surface area contributed by atoms with E-state index in [1.807, 2.05) is 32.0 Å². The number of hydrogen-bond acceptors (Lipinski definition) is 3. The fourth-order valence-corrected chi connectivity index (χ4v) is 1.74. The zero-order valence-electron chi connectivity index (χ0n) is 10.9. The molecule has 0 aliphatic heterocycles. The monoisotopic (exact) mass is 236 g/mol. The van der Waals surface area contributed by atoms with Crippen molar-refractivity contribution < 1.29 is 14.6 Å². The van der Waals surface area contributed by atoms with Crippen LogP contribution in [0.3, 0.4) is 0 Å². The van der Waals surface area contributed by atoms with Crippen molar-refractivity contribution in [3.63, 3.8) is 0 Å². The normalized spacial score (nSPS) is 14.2. The number of rotatable bonds is 4. The molecule has 0 aliphatic carbocycles. The fourth-order valence-electron chi connectivity index (χ4n) is 1.74. The molecule has 0 amide bonds. The van der Waals surface area contributed by atoms with Crippen LogP contribution in [0.2, 0.25) is 0 Å². The van der Waals surface area contributed by atoms with Crippen molar-refractivity contribution in [2.24, 2.45) is 5.92 Å². The van der Waals surface area contributed by atoms with Gasteiger partial charge in [-0.2, -0.15) is 0 Å². The minimum absolute atomic E-state index is 0.284. The summed E-state index contributed by atoms with van der Waals surface area (Å²) in [6, 6.07) is 5.84. The molecule has 0 aromatic heterocycles. The molecule has 0 heterocycles. The van der Waals surface area contributed by atoms with E-state index in [4.69, 9.17) is 0 Å². The van der Waals surface area contributed by atoms with Gasteiger partial charge >= 0.3 is 5.97 Å². The summed E-state index contributed by atoms with van der Waals surface area (Å²) in [4.78, 5) is 11.3. The number of aliphatic hydroxyl groups excluding tert-OH is 1. The molecule has 3 nitrogen and oxygen atoms in total. The van der Waals surface area contributed by atoms with Crippen molar-refractivity contribution in [3.05, 3.63) is 34.9 Å². The molecule has 1 N–H and O–H groups in total. The summed E-state index contributed by atoms with van der Waals surface area (Å²) in [5.74, 6) is -0.579. The van der Waals surface area contributed by atoms with Crippen molar-refractivity contribution in [2.75, 3.05) is 7.11 Å². The molecular weight excluding hydrogens is 216 g/mol. The smallest absolute Gasteiger partial charge is 0.308 e. The van der Waals surface area contributed by atoms with E-state index >= 15 is 0 Å². The van der Waals surface area contributed by atoms with Crippen LogP contribution in [0.25, 0.3) is 0 Å². The molecule has 0 saturated heterocycles. The van der Waals surface area contributed by atoms with Gasteiger partial charge in [-0.1, -0.05) is 25.1 Å². The maximum absolute atomic E-state index is 11.3. The SMILES string of the molecule is COC(=O)C(C)CC(O)c1ccc(C)c(C)c1. The Bertz CT molecular complexity index is 398. The summed E-state index contributed by atoms with van der Waals surface area (Å²) in [6.07, 6.45) is -0.238. The molecule has 0 saturated carbocycles. The van der Waals surface area contributed by atoms with Gasteiger partial charge in [-0.15, -0.1) is 0 Å². The molecule has 2 atom stereocenters. The highest BCUT2D eigenvalue weighted by atomic mass is 16.5. The highest BCUT2D eigenvalue weighted by molar-refractivity contribution is 5.71. The standard InChI is InChI=1S/C14H20O3/c1-9-5-6-12(7-10(9)2)13(15)8-11(3)14(16)17-4/h5-7,11,13,15H,8H2,1-4H3. The van der Waals surface area contributed by atoms with Crippen LogP contribution >= 0.6 is 0 Å². The first kappa shape index (κ1) is 13.7. The lowest BCUT2D eigenvalue weighted by molar-refractivity contribution is -0.145. The summed E-state index contributed by atoms with van der Waals surface area (Å²) in [5, 5.41) is 10.0. The molecule has 0 fully saturated rings. The number of ether oxygens (including phenoxy) is 1. The quantitative estimate of drug-likeness (QED) is 0.817. The molecule has 0 spiro atoms. The molecule has 1 aromatic rings. The Morgan fingerprint density at radius 3 is 2.53 bits per heavy atom. The van der Waals surface area contributed by atoms with Gasteiger partial charge in [0, 0.05) is 0 Å². The minimum Gasteiger partial charge on any atom is -0.469 e. The van der Waals surface area contributed by atoms with Gasteiger partial charge in [-0.05, 0) is 37.0 Å². The van der Waals surface area contributed by atoms with E-state index in [0.717, 1.165) is 11.1 Å². The summed E-state index contributed by atoms with van der Waals surface area (Å²) in [6.45, 7) is 5.80. The zero-order valence-corrected chi connectivity index (χ0v) is 10.9. The van der Waals surface area contributed by atoms with Crippen LogP contribution < -0.4 is 0 Å². The van der Waals surface area contributed by atoms with Crippen LogP contribution in [0.1, 0.15) is 36.1 Å². The maximum atomic E-state index is 11.3. The highest BCUT2D eigenvalue weighted by Gasteiger charge is 2.19. The van der Waals surface area contributed by atoms with E-state index in [0.29, 0.717) is 6.42 Å². The van der Waals surface area contributed by atoms with Crippen LogP contribution in [-0.4, -0.2) is 18.2 Å². The summed E-state index contributed by atoms with van der Waals surface area (Å²) in [5.41, 5.74) is 3.19. The molecule has 2 unspecified atom stereocenters. The third-order valence-corrected chi connectivity index (χ3v) is 3.10. The van der Waals surface area contributed by atoms with E-state index in [-0.39, 0.29) is 11.9 Å². The van der Waals surface area contributed by atoms with Gasteiger partial charge in [0.05, 0.1) is 19.1 Å². The van der Waals surface area contributed by atoms with Crippen LogP contribution in [-0.2, 0) is 9.53 Å². The Balaban J connectivity index is 2.72. The van der Waals surface area contributed by atoms with Gasteiger partial charge in [-0.25, -0.2) is 0 Å². The van der Waals surface area contributed by atoms with Crippen molar-refractivity contribution in [1.82, 2.24) is 0 Å². The lowest BCUT2D eigenvalue weighted by Gasteiger charge is -2.16. The maximum Gasteiger partial charge on any atom is 0.308 e. The van der Waals surface area contributed by atoms with Crippen molar-refractivity contribution in [1.29, 1.82) is 0 Å². The largest absolute Gasteiger partial charge is 0.469 e. The third-order valence-electron chi connectivity index (χ3n) is 3.10. The molecule has 0 aliphatic rings. The fraction of sp³-hybridized carbons (Fsp3) is 0.500. The van der Waals surface area contributed by atoms with E-state index in [9.17, 15) is 9.90 Å². The van der Waals surface area contributed by atoms with E-state index < -0.39 is 6.10 Å². The van der Waals surface area contributed by atoms with Gasteiger partial charge in [0.2, 0.25) is 0 Å². The minimum atomic E-state index is -0.622. The molecule has 3 heteroatoms. The zero-order chi connectivity index (χ0) is 13.0. The van der Waals surface area contributed by atoms with Gasteiger partial charge in [-0.3, -0.25) is 4.79 Å². The first-order valence-corrected chi connectivity index (χ1v) is 5.78. The molecule has 1 aromatic carbocycles. The van der Waals surface area contributed by atoms with Crippen LogP contribution in [0.4, 0.5) is 0 Å². The number of benzene rings is 1. The van der Waals surface area contributed by atoms with Crippen LogP contribution in [0.15, 0.2) is 18.2 Å². The molecule has 94 valence electrons. The van der Waals surface area contributed by atoms with E-state index in [2.05, 4.69) is 4.74 Å². The molecular formula is C14H20O3. The molecule has 1 rings (SSSR count). The number of aliphatic hydroxyl groups is 1. The second-order valence-electron chi connectivity index (χ2n) is 4.52. The molecule has 0 radical (unpaired) electrons. The highest BCUT2D eigenvalue weighted by Crippen LogP contribution is 2.23. The Morgan fingerprint density at radius 2 is 2.00 bits per heavy atom. The molecule has 0 bridgehead atoms. The third kappa shape index (κ3) is 3.56. The second kappa shape index (κ2) is 5.82. The second-order valence-corrected chi connectivity index (χ2v) is 4.52. The predicted molar refractivity (Wildman–Crippen MR) is 66.7 cm³/mol.